The van der Waals surface area contributed by atoms with E-state index < -0.39 is 0 Å². The Labute approximate surface area is 125 Å². The highest BCUT2D eigenvalue weighted by Crippen LogP contribution is 2.33. The summed E-state index contributed by atoms with van der Waals surface area (Å²) < 4.78 is 0. The molecular weight excluding hydrogens is 278 g/mol. The highest BCUT2D eigenvalue weighted by Gasteiger charge is 2.23. The lowest BCUT2D eigenvalue weighted by Crippen LogP contribution is -2.38. The second kappa shape index (κ2) is 5.97. The van der Waals surface area contributed by atoms with Crippen molar-refractivity contribution in [2.24, 2.45) is 17.6 Å². The van der Waals surface area contributed by atoms with Gasteiger partial charge in [0.15, 0.2) is 5.11 Å². The lowest BCUT2D eigenvalue weighted by Gasteiger charge is -2.37. The molecule has 0 aliphatic carbocycles. The summed E-state index contributed by atoms with van der Waals surface area (Å²) in [6, 6.07) is 5.87. The van der Waals surface area contributed by atoms with Crippen LogP contribution in [0.25, 0.3) is 0 Å². The zero-order valence-electron chi connectivity index (χ0n) is 11.3. The molecule has 0 bridgehead atoms. The molecule has 1 heterocycles. The highest BCUT2D eigenvalue weighted by atomic mass is 35.5. The summed E-state index contributed by atoms with van der Waals surface area (Å²) >= 11 is 11.2. The summed E-state index contributed by atoms with van der Waals surface area (Å²) in [6.45, 7) is 6.71. The molecule has 5 heteroatoms. The number of rotatable bonds is 2. The van der Waals surface area contributed by atoms with Gasteiger partial charge in [-0.25, -0.2) is 0 Å². The minimum absolute atomic E-state index is 0.254. The Morgan fingerprint density at radius 3 is 2.53 bits per heavy atom. The van der Waals surface area contributed by atoms with Crippen molar-refractivity contribution >= 4 is 40.3 Å². The van der Waals surface area contributed by atoms with Gasteiger partial charge in [-0.15, -0.1) is 0 Å². The fraction of sp³-hybridized carbons (Fsp3) is 0.500. The van der Waals surface area contributed by atoms with Crippen LogP contribution in [0.15, 0.2) is 18.2 Å². The van der Waals surface area contributed by atoms with Gasteiger partial charge >= 0.3 is 0 Å². The second-order valence-electron chi connectivity index (χ2n) is 5.51. The average Bonchev–Trinajstić information content (AvgIpc) is 2.26. The first-order valence-corrected chi connectivity index (χ1v) is 7.35. The Bertz CT molecular complexity index is 468. The fourth-order valence-electron chi connectivity index (χ4n) is 2.84. The Morgan fingerprint density at radius 1 is 1.37 bits per heavy atom. The number of piperidine rings is 1. The molecule has 1 aliphatic rings. The van der Waals surface area contributed by atoms with Gasteiger partial charge in [0.25, 0.3) is 0 Å². The van der Waals surface area contributed by atoms with Crippen molar-refractivity contribution in [3.8, 4) is 0 Å². The Hall–Kier alpha value is -1.00. The predicted molar refractivity (Wildman–Crippen MR) is 87.0 cm³/mol. The SMILES string of the molecule is CC1CC(C)CN(c2ccc(NC(N)=S)cc2Cl)C1. The van der Waals surface area contributed by atoms with Crippen LogP contribution in [0.5, 0.6) is 0 Å². The lowest BCUT2D eigenvalue weighted by molar-refractivity contribution is 0.357. The third-order valence-corrected chi connectivity index (χ3v) is 3.83. The molecule has 0 spiro atoms. The van der Waals surface area contributed by atoms with Crippen LogP contribution in [0.4, 0.5) is 11.4 Å². The van der Waals surface area contributed by atoms with E-state index in [1.165, 1.54) is 6.42 Å². The van der Waals surface area contributed by atoms with Crippen molar-refractivity contribution in [3.63, 3.8) is 0 Å². The standard InChI is InChI=1S/C14H20ClN3S/c1-9-5-10(2)8-18(7-9)13-4-3-11(6-12(13)15)17-14(16)19/h3-4,6,9-10H,5,7-8H2,1-2H3,(H3,16,17,19). The summed E-state index contributed by atoms with van der Waals surface area (Å²) in [5, 5.41) is 3.89. The largest absolute Gasteiger partial charge is 0.376 e. The van der Waals surface area contributed by atoms with Crippen LogP contribution < -0.4 is 16.0 Å². The summed E-state index contributed by atoms with van der Waals surface area (Å²) in [4.78, 5) is 2.37. The van der Waals surface area contributed by atoms with Crippen LogP contribution in [0, 0.1) is 11.8 Å². The van der Waals surface area contributed by atoms with Gasteiger partial charge in [-0.2, -0.15) is 0 Å². The molecule has 0 amide bonds. The quantitative estimate of drug-likeness (QED) is 0.820. The van der Waals surface area contributed by atoms with E-state index in [0.29, 0.717) is 11.8 Å². The van der Waals surface area contributed by atoms with Gasteiger partial charge in [0.1, 0.15) is 0 Å². The maximum absolute atomic E-state index is 6.38. The fourth-order valence-corrected chi connectivity index (χ4v) is 3.26. The van der Waals surface area contributed by atoms with E-state index in [9.17, 15) is 0 Å². The highest BCUT2D eigenvalue weighted by molar-refractivity contribution is 7.80. The molecule has 1 saturated heterocycles. The number of thiocarbonyl (C=S) groups is 1. The number of anilines is 2. The number of nitrogens with one attached hydrogen (secondary N) is 1. The van der Waals surface area contributed by atoms with E-state index in [0.717, 1.165) is 29.5 Å². The molecular formula is C14H20ClN3S. The molecule has 1 aromatic carbocycles. The number of halogens is 1. The molecule has 2 unspecified atom stereocenters. The number of nitrogens with zero attached hydrogens (tertiary/aromatic N) is 1. The van der Waals surface area contributed by atoms with Crippen LogP contribution in [0.2, 0.25) is 5.02 Å². The molecule has 0 radical (unpaired) electrons. The molecule has 19 heavy (non-hydrogen) atoms. The summed E-state index contributed by atoms with van der Waals surface area (Å²) in [5.74, 6) is 1.41. The zero-order chi connectivity index (χ0) is 14.0. The van der Waals surface area contributed by atoms with Crippen molar-refractivity contribution in [1.82, 2.24) is 0 Å². The first-order valence-electron chi connectivity index (χ1n) is 6.56. The smallest absolute Gasteiger partial charge is 0.168 e. The Balaban J connectivity index is 2.18. The monoisotopic (exact) mass is 297 g/mol. The number of hydrogen-bond acceptors (Lipinski definition) is 2. The Kier molecular flexibility index (Phi) is 4.53. The van der Waals surface area contributed by atoms with E-state index in [4.69, 9.17) is 29.6 Å². The van der Waals surface area contributed by atoms with Crippen LogP contribution in [0.3, 0.4) is 0 Å². The van der Waals surface area contributed by atoms with Gasteiger partial charge in [0.05, 0.1) is 10.7 Å². The van der Waals surface area contributed by atoms with Gasteiger partial charge in [-0.05, 0) is 48.7 Å². The third kappa shape index (κ3) is 3.74. The molecule has 1 fully saturated rings. The van der Waals surface area contributed by atoms with E-state index >= 15 is 0 Å². The van der Waals surface area contributed by atoms with Gasteiger partial charge < -0.3 is 16.0 Å². The second-order valence-corrected chi connectivity index (χ2v) is 6.35. The van der Waals surface area contributed by atoms with Crippen LogP contribution in [-0.4, -0.2) is 18.2 Å². The van der Waals surface area contributed by atoms with Gasteiger partial charge in [0, 0.05) is 18.8 Å². The molecule has 0 saturated carbocycles. The number of hydrogen-bond donors (Lipinski definition) is 2. The summed E-state index contributed by atoms with van der Waals surface area (Å²) in [7, 11) is 0. The summed E-state index contributed by atoms with van der Waals surface area (Å²) in [6.07, 6.45) is 1.29. The maximum atomic E-state index is 6.38. The molecule has 1 aliphatic heterocycles. The van der Waals surface area contributed by atoms with E-state index in [-0.39, 0.29) is 5.11 Å². The lowest BCUT2D eigenvalue weighted by atomic mass is 9.91. The summed E-state index contributed by atoms with van der Waals surface area (Å²) in [5.41, 5.74) is 7.38. The van der Waals surface area contributed by atoms with Gasteiger partial charge in [-0.1, -0.05) is 25.4 Å². The molecule has 2 atom stereocenters. The third-order valence-electron chi connectivity index (χ3n) is 3.42. The van der Waals surface area contributed by atoms with Crippen molar-refractivity contribution in [3.05, 3.63) is 23.2 Å². The van der Waals surface area contributed by atoms with Crippen molar-refractivity contribution in [2.75, 3.05) is 23.3 Å². The minimum Gasteiger partial charge on any atom is -0.376 e. The normalized spacial score (nSPS) is 23.2. The van der Waals surface area contributed by atoms with Crippen LogP contribution in [-0.2, 0) is 0 Å². The molecule has 3 nitrogen and oxygen atoms in total. The minimum atomic E-state index is 0.254. The molecule has 3 N–H and O–H groups in total. The Morgan fingerprint density at radius 2 is 2.00 bits per heavy atom. The number of benzene rings is 1. The van der Waals surface area contributed by atoms with Crippen LogP contribution in [0.1, 0.15) is 20.3 Å². The van der Waals surface area contributed by atoms with Crippen molar-refractivity contribution < 1.29 is 0 Å². The van der Waals surface area contributed by atoms with E-state index in [1.54, 1.807) is 0 Å². The zero-order valence-corrected chi connectivity index (χ0v) is 12.9. The molecule has 1 aromatic rings. The molecule has 2 rings (SSSR count). The first kappa shape index (κ1) is 14.4. The van der Waals surface area contributed by atoms with Crippen molar-refractivity contribution in [1.29, 1.82) is 0 Å². The van der Waals surface area contributed by atoms with Crippen molar-refractivity contribution in [2.45, 2.75) is 20.3 Å². The van der Waals surface area contributed by atoms with Gasteiger partial charge in [0.2, 0.25) is 0 Å². The van der Waals surface area contributed by atoms with Gasteiger partial charge in [-0.3, -0.25) is 0 Å². The average molecular weight is 298 g/mol. The maximum Gasteiger partial charge on any atom is 0.168 e. The topological polar surface area (TPSA) is 41.3 Å². The van der Waals surface area contributed by atoms with E-state index in [2.05, 4.69) is 24.1 Å². The molecule has 104 valence electrons. The predicted octanol–water partition coefficient (Wildman–Crippen LogP) is 3.48. The van der Waals surface area contributed by atoms with E-state index in [1.807, 2.05) is 18.2 Å². The number of nitrogens with two attached hydrogens (primary N) is 1. The van der Waals surface area contributed by atoms with Crippen LogP contribution >= 0.6 is 23.8 Å². The molecule has 0 aromatic heterocycles. The first-order chi connectivity index (χ1) is 8.95.